The van der Waals surface area contributed by atoms with Crippen LogP contribution in [-0.4, -0.2) is 0 Å². The van der Waals surface area contributed by atoms with Gasteiger partial charge < -0.3 is 4.42 Å². The molecule has 0 radical (unpaired) electrons. The van der Waals surface area contributed by atoms with Gasteiger partial charge in [-0.2, -0.15) is 0 Å². The van der Waals surface area contributed by atoms with Gasteiger partial charge >= 0.3 is 0 Å². The van der Waals surface area contributed by atoms with Gasteiger partial charge in [0, 0.05) is 10.8 Å². The van der Waals surface area contributed by atoms with E-state index in [1.807, 2.05) is 72.8 Å². The molecule has 0 aliphatic heterocycles. The quantitative estimate of drug-likeness (QED) is 0.179. The third kappa shape index (κ3) is 4.48. The summed E-state index contributed by atoms with van der Waals surface area (Å²) in [5.41, 5.74) is 5.34. The molecular weight excluding hydrogens is 556 g/mol. The van der Waals surface area contributed by atoms with Gasteiger partial charge in [0.1, 0.15) is 11.2 Å². The third-order valence-electron chi connectivity index (χ3n) is 8.44. The van der Waals surface area contributed by atoms with Gasteiger partial charge in [0.15, 0.2) is 0 Å². The molecule has 0 saturated heterocycles. The molecule has 0 aliphatic carbocycles. The molecule has 216 valence electrons. The molecule has 0 fully saturated rings. The summed E-state index contributed by atoms with van der Waals surface area (Å²) in [6.45, 7) is 0. The minimum Gasteiger partial charge on any atom is -0.456 e. The van der Waals surface area contributed by atoms with Crippen LogP contribution in [0.4, 0.5) is 0 Å². The standard InChI is InChI=1S/C45H30O/c1-3-12-30(13-4-1)26-40-36-18-7-9-20-38(36)45(39-21-10-8-19-37(39)40)35-17-11-16-32(27-35)34-23-25-44-42(29-34)41-28-33(22-24-43(41)46-44)31-14-5-2-6-15-31/h1-25,27-29H,26H2/i1D,3D,4D,7D,8D,9D,10D,12D,13D,18D,19D,20D,21D. The lowest BCUT2D eigenvalue weighted by atomic mass is 9.86. The maximum absolute atomic E-state index is 9.26. The molecule has 1 heteroatoms. The van der Waals surface area contributed by atoms with E-state index < -0.39 is 85.0 Å². The molecule has 0 aliphatic rings. The first-order valence-corrected chi connectivity index (χ1v) is 14.8. The molecule has 1 aromatic heterocycles. The Morgan fingerprint density at radius 3 is 1.59 bits per heavy atom. The molecule has 46 heavy (non-hydrogen) atoms. The van der Waals surface area contributed by atoms with Crippen molar-refractivity contribution in [3.63, 3.8) is 0 Å². The summed E-state index contributed by atoms with van der Waals surface area (Å²) in [5.74, 6) is 0. The number of rotatable bonds is 5. The summed E-state index contributed by atoms with van der Waals surface area (Å²) in [7, 11) is 0. The first kappa shape index (κ1) is 16.4. The molecule has 1 heterocycles. The van der Waals surface area contributed by atoms with Gasteiger partial charge in [0.2, 0.25) is 0 Å². The lowest BCUT2D eigenvalue weighted by Gasteiger charge is -2.18. The van der Waals surface area contributed by atoms with Crippen molar-refractivity contribution in [3.05, 3.63) is 181 Å². The summed E-state index contributed by atoms with van der Waals surface area (Å²) in [4.78, 5) is 0. The van der Waals surface area contributed by atoms with Crippen LogP contribution in [0.1, 0.15) is 28.9 Å². The molecular formula is C45H30O. The first-order chi connectivity index (χ1) is 28.2. The van der Waals surface area contributed by atoms with Crippen molar-refractivity contribution in [3.8, 4) is 33.4 Å². The Bertz CT molecular complexity index is 3170. The van der Waals surface area contributed by atoms with E-state index in [0.717, 1.165) is 33.0 Å². The van der Waals surface area contributed by atoms with Gasteiger partial charge in [-0.05, 0) is 103 Å². The Morgan fingerprint density at radius 2 is 0.935 bits per heavy atom. The highest BCUT2D eigenvalue weighted by atomic mass is 16.3. The summed E-state index contributed by atoms with van der Waals surface area (Å²) in [6, 6.07) is 21.9. The van der Waals surface area contributed by atoms with Crippen LogP contribution in [0.3, 0.4) is 0 Å². The fourth-order valence-corrected chi connectivity index (χ4v) is 6.33. The second kappa shape index (κ2) is 10.9. The summed E-state index contributed by atoms with van der Waals surface area (Å²) < 4.78 is 120. The minimum absolute atomic E-state index is 0.0143. The van der Waals surface area contributed by atoms with Crippen molar-refractivity contribution in [1.29, 1.82) is 0 Å². The van der Waals surface area contributed by atoms with E-state index in [4.69, 9.17) is 16.8 Å². The predicted octanol–water partition coefficient (Wildman–Crippen LogP) is 12.5. The summed E-state index contributed by atoms with van der Waals surface area (Å²) >= 11 is 0. The van der Waals surface area contributed by atoms with Gasteiger partial charge in [-0.15, -0.1) is 0 Å². The lowest BCUT2D eigenvalue weighted by Crippen LogP contribution is -1.95. The van der Waals surface area contributed by atoms with E-state index in [2.05, 4.69) is 6.07 Å². The average Bonchev–Trinajstić information content (AvgIpc) is 3.63. The molecule has 0 unspecified atom stereocenters. The third-order valence-corrected chi connectivity index (χ3v) is 8.44. The molecule has 0 N–H and O–H groups in total. The monoisotopic (exact) mass is 599 g/mol. The number of hydrogen-bond acceptors (Lipinski definition) is 1. The number of hydrogen-bond donors (Lipinski definition) is 0. The van der Waals surface area contributed by atoms with Crippen LogP contribution in [-0.2, 0) is 6.42 Å². The molecule has 1 nitrogen and oxygen atoms in total. The van der Waals surface area contributed by atoms with Gasteiger partial charge in [-0.25, -0.2) is 0 Å². The Labute approximate surface area is 286 Å². The smallest absolute Gasteiger partial charge is 0.135 e. The Balaban J connectivity index is 1.34. The first-order valence-electron chi connectivity index (χ1n) is 21.3. The number of furan rings is 1. The van der Waals surface area contributed by atoms with Crippen molar-refractivity contribution in [1.82, 2.24) is 0 Å². The molecule has 9 aromatic rings. The second-order valence-electron chi connectivity index (χ2n) is 11.1. The highest BCUT2D eigenvalue weighted by molar-refractivity contribution is 6.15. The fraction of sp³-hybridized carbons (Fsp3) is 0.0222. The van der Waals surface area contributed by atoms with Gasteiger partial charge in [-0.1, -0.05) is 139 Å². The van der Waals surface area contributed by atoms with Crippen LogP contribution in [0, 0.1) is 0 Å². The van der Waals surface area contributed by atoms with Gasteiger partial charge in [0.25, 0.3) is 0 Å². The van der Waals surface area contributed by atoms with Crippen LogP contribution in [0.25, 0.3) is 76.9 Å². The Morgan fingerprint density at radius 1 is 0.413 bits per heavy atom. The highest BCUT2D eigenvalue weighted by Crippen LogP contribution is 2.42. The van der Waals surface area contributed by atoms with Crippen molar-refractivity contribution in [2.24, 2.45) is 0 Å². The SMILES string of the molecule is [2H]c1c([2H])c([2H])c(Cc2c3c([2H])c([2H])c([2H])c([2H])c3c(-c3cccc(-c4ccc5oc6ccc(-c7ccccc7)cc6c5c4)c3)c3c([2H])c([2H])c([2H])c([2H])c23)c([2H])c1[2H]. The average molecular weight is 600 g/mol. The largest absolute Gasteiger partial charge is 0.456 e. The fourth-order valence-electron chi connectivity index (χ4n) is 6.33. The van der Waals surface area contributed by atoms with Crippen LogP contribution in [0.15, 0.2) is 174 Å². The van der Waals surface area contributed by atoms with Crippen molar-refractivity contribution in [2.45, 2.75) is 6.42 Å². The normalized spacial score (nSPS) is 15.5. The molecule has 9 rings (SSSR count). The number of benzene rings is 8. The van der Waals surface area contributed by atoms with Crippen molar-refractivity contribution < 1.29 is 22.2 Å². The Kier molecular flexibility index (Phi) is 3.89. The van der Waals surface area contributed by atoms with E-state index in [9.17, 15) is 5.48 Å². The molecule has 0 saturated carbocycles. The zero-order chi connectivity index (χ0) is 41.8. The molecule has 8 aromatic carbocycles. The van der Waals surface area contributed by atoms with E-state index in [0.29, 0.717) is 16.7 Å². The van der Waals surface area contributed by atoms with Crippen molar-refractivity contribution in [2.75, 3.05) is 0 Å². The van der Waals surface area contributed by atoms with E-state index in [-0.39, 0.29) is 38.2 Å². The molecule has 0 amide bonds. The van der Waals surface area contributed by atoms with Crippen LogP contribution in [0.2, 0.25) is 0 Å². The van der Waals surface area contributed by atoms with E-state index in [1.54, 1.807) is 12.1 Å². The van der Waals surface area contributed by atoms with Crippen LogP contribution in [0.5, 0.6) is 0 Å². The highest BCUT2D eigenvalue weighted by Gasteiger charge is 2.16. The van der Waals surface area contributed by atoms with E-state index >= 15 is 0 Å². The zero-order valence-electron chi connectivity index (χ0n) is 37.3. The zero-order valence-corrected chi connectivity index (χ0v) is 24.3. The Hall–Kier alpha value is -5.92. The summed E-state index contributed by atoms with van der Waals surface area (Å²) in [6.07, 6.45) is -0.488. The maximum atomic E-state index is 9.26. The lowest BCUT2D eigenvalue weighted by molar-refractivity contribution is 0.669. The van der Waals surface area contributed by atoms with Crippen LogP contribution < -0.4 is 0 Å². The molecule has 0 bridgehead atoms. The van der Waals surface area contributed by atoms with Crippen molar-refractivity contribution >= 4 is 43.5 Å². The van der Waals surface area contributed by atoms with Gasteiger partial charge in [0.05, 0.1) is 17.8 Å². The predicted molar refractivity (Wildman–Crippen MR) is 194 cm³/mol. The molecule has 0 spiro atoms. The van der Waals surface area contributed by atoms with Crippen LogP contribution >= 0.6 is 0 Å². The second-order valence-corrected chi connectivity index (χ2v) is 11.1. The van der Waals surface area contributed by atoms with E-state index in [1.165, 1.54) is 0 Å². The van der Waals surface area contributed by atoms with Gasteiger partial charge in [-0.3, -0.25) is 0 Å². The molecule has 0 atom stereocenters. The summed E-state index contributed by atoms with van der Waals surface area (Å²) in [5, 5.41) is 1.56. The minimum atomic E-state index is -0.616. The topological polar surface area (TPSA) is 13.1 Å². The maximum Gasteiger partial charge on any atom is 0.135 e. The number of fused-ring (bicyclic) bond motifs is 5.